The number of piperazine rings is 3. The first-order valence-electron chi connectivity index (χ1n) is 9.75. The Balaban J connectivity index is 0.000000180. The fraction of sp³-hybridized carbons (Fsp3) is 0.350. The van der Waals surface area contributed by atoms with Crippen molar-refractivity contribution >= 4 is 27.3 Å². The summed E-state index contributed by atoms with van der Waals surface area (Å²) in [5.41, 5.74) is 5.25. The van der Waals surface area contributed by atoms with Crippen LogP contribution in [0.5, 0.6) is 0 Å². The number of anilines is 1. The Morgan fingerprint density at radius 3 is 2.16 bits per heavy atom. The molecule has 10 nitrogen and oxygen atoms in total. The molecule has 3 aliphatic rings. The van der Waals surface area contributed by atoms with Gasteiger partial charge in [0.2, 0.25) is 5.78 Å². The molecule has 166 valence electrons. The molecule has 0 spiro atoms. The zero-order chi connectivity index (χ0) is 22.6. The monoisotopic (exact) mass is 448 g/mol. The molecule has 2 aromatic carbocycles. The lowest BCUT2D eigenvalue weighted by molar-refractivity contribution is -0.933. The maximum atomic E-state index is 12.3. The number of rotatable bonds is 5. The number of Topliss-reactive ketones (excluding diaryl/α,β-unsaturated/α-hetero) is 1. The molecule has 3 heterocycles. The first kappa shape index (κ1) is 22.8. The lowest BCUT2D eigenvalue weighted by atomic mass is 10.1. The number of nitro groups is 1. The van der Waals surface area contributed by atoms with Crippen molar-refractivity contribution in [1.29, 1.82) is 0 Å². The first-order chi connectivity index (χ1) is 14.6. The van der Waals surface area contributed by atoms with Crippen LogP contribution in [0.25, 0.3) is 0 Å². The molecule has 0 aliphatic carbocycles. The molecule has 11 heteroatoms. The maximum absolute atomic E-state index is 12.3. The summed E-state index contributed by atoms with van der Waals surface area (Å²) in [5.74, 6) is 0.306. The number of nitro benzene ring substituents is 1. The second kappa shape index (κ2) is 9.10. The molecule has 2 aromatic rings. The van der Waals surface area contributed by atoms with Crippen LogP contribution in [0.4, 0.5) is 11.4 Å². The highest BCUT2D eigenvalue weighted by molar-refractivity contribution is 7.86. The highest BCUT2D eigenvalue weighted by Crippen LogP contribution is 2.23. The molecule has 3 fully saturated rings. The summed E-state index contributed by atoms with van der Waals surface area (Å²) in [5, 5.41) is 10.3. The van der Waals surface area contributed by atoms with Gasteiger partial charge >= 0.3 is 0 Å². The average molecular weight is 449 g/mol. The molecule has 5 rings (SSSR count). The van der Waals surface area contributed by atoms with E-state index >= 15 is 0 Å². The molecule has 2 N–H and O–H groups in total. The molecule has 0 aromatic heterocycles. The molecule has 0 unspecified atom stereocenters. The lowest BCUT2D eigenvalue weighted by Crippen LogP contribution is -2.68. The Morgan fingerprint density at radius 2 is 1.65 bits per heavy atom. The number of benzene rings is 2. The van der Waals surface area contributed by atoms with Crippen molar-refractivity contribution in [3.8, 4) is 0 Å². The molecule has 31 heavy (non-hydrogen) atoms. The zero-order valence-electron chi connectivity index (χ0n) is 16.8. The van der Waals surface area contributed by atoms with E-state index in [1.165, 1.54) is 19.6 Å². The maximum Gasteiger partial charge on any atom is 0.270 e. The van der Waals surface area contributed by atoms with Crippen molar-refractivity contribution in [2.45, 2.75) is 4.90 Å². The third kappa shape index (κ3) is 5.64. The first-order valence-corrected chi connectivity index (χ1v) is 11.2. The number of nitrogens with two attached hydrogens (primary N) is 1. The van der Waals surface area contributed by atoms with E-state index in [4.69, 9.17) is 5.73 Å². The minimum absolute atomic E-state index is 0.300. The predicted octanol–water partition coefficient (Wildman–Crippen LogP) is 1.10. The van der Waals surface area contributed by atoms with Crippen molar-refractivity contribution in [2.24, 2.45) is 0 Å². The summed E-state index contributed by atoms with van der Waals surface area (Å²) in [6.45, 7) is 7.65. The largest absolute Gasteiger partial charge is 0.744 e. The number of carbonyl (C=O) groups excluding carboxylic acids is 1. The number of nitrogen functional groups attached to an aromatic ring is 1. The zero-order valence-corrected chi connectivity index (χ0v) is 17.7. The standard InChI is InChI=1S/C14H19N2O.C6H6N2O5S/c17-14(13-4-2-1-3-5-13)12-16-9-6-15(7-10-16)8-11-16;7-5-2-1-4(8(9)10)3-6(5)14(11,12)13/h1-5H,6-12H2;1-3H,7H2,(H,11,12,13)/q+1;/p-1. The Hall–Kier alpha value is -2.86. The molecule has 0 saturated carbocycles. The van der Waals surface area contributed by atoms with Gasteiger partial charge in [-0.3, -0.25) is 19.8 Å². The van der Waals surface area contributed by atoms with Gasteiger partial charge in [-0.15, -0.1) is 0 Å². The van der Waals surface area contributed by atoms with Crippen LogP contribution in [0.15, 0.2) is 53.4 Å². The van der Waals surface area contributed by atoms with Crippen LogP contribution >= 0.6 is 0 Å². The predicted molar refractivity (Wildman–Crippen MR) is 112 cm³/mol. The van der Waals surface area contributed by atoms with Crippen molar-refractivity contribution < 1.29 is 27.2 Å². The topological polar surface area (TPSA) is 147 Å². The third-order valence-corrected chi connectivity index (χ3v) is 6.62. The van der Waals surface area contributed by atoms with E-state index in [0.717, 1.165) is 41.8 Å². The molecule has 0 amide bonds. The summed E-state index contributed by atoms with van der Waals surface area (Å²) in [6, 6.07) is 12.4. The highest BCUT2D eigenvalue weighted by atomic mass is 32.2. The van der Waals surface area contributed by atoms with E-state index in [9.17, 15) is 27.9 Å². The van der Waals surface area contributed by atoms with Gasteiger partial charge in [0, 0.05) is 43.0 Å². The van der Waals surface area contributed by atoms with Gasteiger partial charge in [0.1, 0.15) is 16.7 Å². The van der Waals surface area contributed by atoms with Crippen LogP contribution in [0, 0.1) is 10.1 Å². The number of ketones is 1. The summed E-state index contributed by atoms with van der Waals surface area (Å²) in [6.07, 6.45) is 0. The van der Waals surface area contributed by atoms with Gasteiger partial charge in [-0.1, -0.05) is 30.3 Å². The van der Waals surface area contributed by atoms with Gasteiger partial charge in [0.15, 0.2) is 0 Å². The Morgan fingerprint density at radius 1 is 1.06 bits per heavy atom. The van der Waals surface area contributed by atoms with E-state index in [1.807, 2.05) is 30.3 Å². The van der Waals surface area contributed by atoms with Gasteiger partial charge in [-0.25, -0.2) is 8.42 Å². The second-order valence-corrected chi connectivity index (χ2v) is 9.08. The number of hydrogen-bond acceptors (Lipinski definition) is 8. The smallest absolute Gasteiger partial charge is 0.270 e. The molecule has 3 saturated heterocycles. The molecule has 3 aliphatic heterocycles. The van der Waals surface area contributed by atoms with Crippen molar-refractivity contribution in [3.05, 3.63) is 64.2 Å². The van der Waals surface area contributed by atoms with E-state index in [1.54, 1.807) is 0 Å². The SMILES string of the molecule is Nc1ccc([N+](=O)[O-])cc1S(=O)(=O)[O-].O=C(C[N+]12CCN(CC1)CC2)c1ccccc1. The fourth-order valence-electron chi connectivity index (χ4n) is 3.84. The van der Waals surface area contributed by atoms with E-state index in [2.05, 4.69) is 4.90 Å². The quantitative estimate of drug-likeness (QED) is 0.179. The average Bonchev–Trinajstić information content (AvgIpc) is 2.75. The number of fused-ring (bicyclic) bond motifs is 3. The molecule has 2 bridgehead atoms. The van der Waals surface area contributed by atoms with Gasteiger partial charge in [-0.05, 0) is 6.07 Å². The van der Waals surface area contributed by atoms with Crippen LogP contribution in [-0.4, -0.2) is 78.9 Å². The lowest BCUT2D eigenvalue weighted by Gasteiger charge is -2.50. The van der Waals surface area contributed by atoms with Crippen LogP contribution in [-0.2, 0) is 10.1 Å². The Kier molecular flexibility index (Phi) is 6.70. The van der Waals surface area contributed by atoms with Gasteiger partial charge in [0.05, 0.1) is 29.5 Å². The fourth-order valence-corrected chi connectivity index (χ4v) is 4.46. The molecule has 0 atom stereocenters. The summed E-state index contributed by atoms with van der Waals surface area (Å²) in [4.78, 5) is 23.4. The van der Waals surface area contributed by atoms with E-state index in [0.29, 0.717) is 18.4 Å². The van der Waals surface area contributed by atoms with Crippen molar-refractivity contribution in [1.82, 2.24) is 4.90 Å². The van der Waals surface area contributed by atoms with Crippen molar-refractivity contribution in [2.75, 3.05) is 51.5 Å². The second-order valence-electron chi connectivity index (χ2n) is 7.73. The minimum Gasteiger partial charge on any atom is -0.744 e. The number of non-ortho nitro benzene ring substituents is 1. The van der Waals surface area contributed by atoms with Gasteiger partial charge in [0.25, 0.3) is 5.69 Å². The van der Waals surface area contributed by atoms with Crippen molar-refractivity contribution in [3.63, 3.8) is 0 Å². The number of hydrogen-bond donors (Lipinski definition) is 1. The minimum atomic E-state index is -4.77. The third-order valence-electron chi connectivity index (χ3n) is 5.72. The van der Waals surface area contributed by atoms with Crippen LogP contribution in [0.3, 0.4) is 0 Å². The van der Waals surface area contributed by atoms with Crippen LogP contribution in [0.1, 0.15) is 10.4 Å². The van der Waals surface area contributed by atoms with Crippen LogP contribution < -0.4 is 5.73 Å². The summed E-state index contributed by atoms with van der Waals surface area (Å²) in [7, 11) is -4.77. The molecule has 0 radical (unpaired) electrons. The number of quaternary nitrogens is 1. The van der Waals surface area contributed by atoms with Gasteiger partial charge in [-0.2, -0.15) is 0 Å². The summed E-state index contributed by atoms with van der Waals surface area (Å²) >= 11 is 0. The Labute approximate surface area is 180 Å². The normalized spacial score (nSPS) is 22.3. The van der Waals surface area contributed by atoms with Crippen LogP contribution in [0.2, 0.25) is 0 Å². The summed E-state index contributed by atoms with van der Waals surface area (Å²) < 4.78 is 32.7. The Bertz CT molecular complexity index is 1050. The molecular weight excluding hydrogens is 424 g/mol. The molecular formula is C20H24N4O6S. The number of nitrogens with zero attached hydrogens (tertiary/aromatic N) is 3. The van der Waals surface area contributed by atoms with E-state index in [-0.39, 0.29) is 5.69 Å². The van der Waals surface area contributed by atoms with E-state index < -0.39 is 25.6 Å². The van der Waals surface area contributed by atoms with Gasteiger partial charge < -0.3 is 14.8 Å². The highest BCUT2D eigenvalue weighted by Gasteiger charge is 2.39. The number of carbonyl (C=O) groups is 1.